The minimum Gasteiger partial charge on any atom is -0.409 e. The Morgan fingerprint density at radius 3 is 3.00 bits per heavy atom. The van der Waals surface area contributed by atoms with Gasteiger partial charge in [0.05, 0.1) is 11.9 Å². The molecule has 1 aliphatic heterocycles. The lowest BCUT2D eigenvalue weighted by Crippen LogP contribution is -2.31. The van der Waals surface area contributed by atoms with E-state index in [2.05, 4.69) is 15.0 Å². The van der Waals surface area contributed by atoms with Crippen molar-refractivity contribution in [1.29, 1.82) is 0 Å². The fourth-order valence-corrected chi connectivity index (χ4v) is 2.38. The van der Waals surface area contributed by atoms with Crippen LogP contribution >= 0.6 is 0 Å². The van der Waals surface area contributed by atoms with E-state index in [9.17, 15) is 0 Å². The van der Waals surface area contributed by atoms with Crippen molar-refractivity contribution < 1.29 is 9.94 Å². The van der Waals surface area contributed by atoms with E-state index in [4.69, 9.17) is 15.7 Å². The highest BCUT2D eigenvalue weighted by molar-refractivity contribution is 6.01. The summed E-state index contributed by atoms with van der Waals surface area (Å²) in [4.78, 5) is 6.23. The molecule has 19 heavy (non-hydrogen) atoms. The van der Waals surface area contributed by atoms with Crippen molar-refractivity contribution in [3.05, 3.63) is 24.0 Å². The number of nitrogens with zero attached hydrogens (tertiary/aromatic N) is 3. The third-order valence-electron chi connectivity index (χ3n) is 3.47. The molecule has 0 spiro atoms. The summed E-state index contributed by atoms with van der Waals surface area (Å²) in [5.41, 5.74) is 7.27. The molecule has 1 aromatic rings. The maximum absolute atomic E-state index is 8.82. The quantitative estimate of drug-likeness (QED) is 0.367. The number of ether oxygens (including phenoxy) is 1. The minimum absolute atomic E-state index is 0.108. The van der Waals surface area contributed by atoms with Crippen LogP contribution in [0.2, 0.25) is 0 Å². The molecular formula is C13H20N4O2. The van der Waals surface area contributed by atoms with Crippen LogP contribution in [-0.4, -0.2) is 42.8 Å². The topological polar surface area (TPSA) is 84.0 Å². The van der Waals surface area contributed by atoms with Crippen molar-refractivity contribution in [1.82, 2.24) is 4.98 Å². The van der Waals surface area contributed by atoms with Gasteiger partial charge in [-0.05, 0) is 24.8 Å². The van der Waals surface area contributed by atoms with Gasteiger partial charge in [0, 0.05) is 38.6 Å². The van der Waals surface area contributed by atoms with E-state index in [1.807, 2.05) is 7.05 Å². The Hall–Kier alpha value is -1.82. The summed E-state index contributed by atoms with van der Waals surface area (Å²) in [6, 6.07) is 1.75. The molecule has 6 heteroatoms. The molecule has 0 aromatic carbocycles. The van der Waals surface area contributed by atoms with E-state index in [1.54, 1.807) is 18.5 Å². The second-order valence-electron chi connectivity index (χ2n) is 4.81. The second-order valence-corrected chi connectivity index (χ2v) is 4.81. The molecular weight excluding hydrogens is 244 g/mol. The van der Waals surface area contributed by atoms with E-state index < -0.39 is 0 Å². The van der Waals surface area contributed by atoms with Crippen LogP contribution in [0.25, 0.3) is 0 Å². The number of nitrogens with two attached hydrogens (primary N) is 1. The average Bonchev–Trinajstić information content (AvgIpc) is 2.47. The summed E-state index contributed by atoms with van der Waals surface area (Å²) in [5.74, 6) is 0.718. The molecule has 0 bridgehead atoms. The Bertz CT molecular complexity index is 444. The number of hydrogen-bond acceptors (Lipinski definition) is 5. The zero-order valence-electron chi connectivity index (χ0n) is 11.1. The minimum atomic E-state index is 0.108. The molecule has 104 valence electrons. The van der Waals surface area contributed by atoms with Gasteiger partial charge in [0.2, 0.25) is 0 Å². The molecule has 2 rings (SSSR count). The Morgan fingerprint density at radius 1 is 1.58 bits per heavy atom. The van der Waals surface area contributed by atoms with Crippen LogP contribution in [0.15, 0.2) is 23.6 Å². The maximum Gasteiger partial charge on any atom is 0.172 e. The van der Waals surface area contributed by atoms with Gasteiger partial charge in [0.25, 0.3) is 0 Å². The van der Waals surface area contributed by atoms with Crippen LogP contribution in [0.4, 0.5) is 5.69 Å². The van der Waals surface area contributed by atoms with Crippen LogP contribution in [-0.2, 0) is 4.74 Å². The van der Waals surface area contributed by atoms with Gasteiger partial charge >= 0.3 is 0 Å². The van der Waals surface area contributed by atoms with E-state index in [0.717, 1.165) is 38.3 Å². The van der Waals surface area contributed by atoms with Crippen molar-refractivity contribution in [3.8, 4) is 0 Å². The first-order valence-corrected chi connectivity index (χ1v) is 6.43. The van der Waals surface area contributed by atoms with Gasteiger partial charge in [-0.3, -0.25) is 4.98 Å². The molecule has 0 amide bonds. The van der Waals surface area contributed by atoms with Gasteiger partial charge in [-0.1, -0.05) is 5.16 Å². The highest BCUT2D eigenvalue weighted by Crippen LogP contribution is 2.22. The number of anilines is 1. The van der Waals surface area contributed by atoms with Crippen molar-refractivity contribution >= 4 is 11.5 Å². The molecule has 2 heterocycles. The summed E-state index contributed by atoms with van der Waals surface area (Å²) < 4.78 is 5.36. The molecule has 1 aromatic heterocycles. The lowest BCUT2D eigenvalue weighted by molar-refractivity contribution is 0.0685. The number of oxime groups is 1. The first kappa shape index (κ1) is 13.6. The van der Waals surface area contributed by atoms with Crippen molar-refractivity contribution in [3.63, 3.8) is 0 Å². The molecule has 0 radical (unpaired) electrons. The van der Waals surface area contributed by atoms with Gasteiger partial charge in [-0.2, -0.15) is 0 Å². The lowest BCUT2D eigenvalue weighted by atomic mass is 9.99. The van der Waals surface area contributed by atoms with Gasteiger partial charge < -0.3 is 20.6 Å². The standard InChI is InChI=1S/C13H20N4O2/c1-17(9-10-3-6-19-7-4-10)12-8-15-5-2-11(12)13(14)16-18/h2,5,8,10,18H,3-4,6-7,9H2,1H3,(H2,14,16). The summed E-state index contributed by atoms with van der Waals surface area (Å²) in [5, 5.41) is 11.9. The highest BCUT2D eigenvalue weighted by atomic mass is 16.5. The van der Waals surface area contributed by atoms with E-state index in [0.29, 0.717) is 11.5 Å². The lowest BCUT2D eigenvalue weighted by Gasteiger charge is -2.29. The van der Waals surface area contributed by atoms with Crippen LogP contribution in [0, 0.1) is 5.92 Å². The zero-order chi connectivity index (χ0) is 13.7. The Labute approximate surface area is 112 Å². The monoisotopic (exact) mass is 264 g/mol. The molecule has 6 nitrogen and oxygen atoms in total. The maximum atomic E-state index is 8.82. The Balaban J connectivity index is 2.11. The van der Waals surface area contributed by atoms with Crippen LogP contribution in [0.3, 0.4) is 0 Å². The number of pyridine rings is 1. The van der Waals surface area contributed by atoms with Gasteiger partial charge in [-0.25, -0.2) is 0 Å². The van der Waals surface area contributed by atoms with Crippen molar-refractivity contribution in [2.75, 3.05) is 31.7 Å². The number of aromatic nitrogens is 1. The summed E-state index contributed by atoms with van der Waals surface area (Å²) >= 11 is 0. The molecule has 0 saturated carbocycles. The fraction of sp³-hybridized carbons (Fsp3) is 0.538. The first-order valence-electron chi connectivity index (χ1n) is 6.43. The van der Waals surface area contributed by atoms with E-state index in [1.165, 1.54) is 0 Å². The summed E-state index contributed by atoms with van der Waals surface area (Å²) in [6.07, 6.45) is 5.53. The normalized spacial score (nSPS) is 17.4. The third-order valence-corrected chi connectivity index (χ3v) is 3.47. The summed E-state index contributed by atoms with van der Waals surface area (Å²) in [7, 11) is 2.00. The second kappa shape index (κ2) is 6.38. The highest BCUT2D eigenvalue weighted by Gasteiger charge is 2.18. The SMILES string of the molecule is CN(CC1CCOCC1)c1cnccc1/C(N)=N/O. The van der Waals surface area contributed by atoms with Crippen LogP contribution in [0.5, 0.6) is 0 Å². The smallest absolute Gasteiger partial charge is 0.172 e. The first-order chi connectivity index (χ1) is 9.22. The van der Waals surface area contributed by atoms with Crippen LogP contribution in [0.1, 0.15) is 18.4 Å². The van der Waals surface area contributed by atoms with Gasteiger partial charge in [0.1, 0.15) is 0 Å². The molecule has 0 unspecified atom stereocenters. The average molecular weight is 264 g/mol. The molecule has 1 fully saturated rings. The van der Waals surface area contributed by atoms with Gasteiger partial charge in [-0.15, -0.1) is 0 Å². The third kappa shape index (κ3) is 3.35. The number of amidine groups is 1. The largest absolute Gasteiger partial charge is 0.409 e. The molecule has 3 N–H and O–H groups in total. The van der Waals surface area contributed by atoms with E-state index >= 15 is 0 Å². The van der Waals surface area contributed by atoms with Crippen molar-refractivity contribution in [2.45, 2.75) is 12.8 Å². The number of hydrogen-bond donors (Lipinski definition) is 2. The zero-order valence-corrected chi connectivity index (χ0v) is 11.1. The fourth-order valence-electron chi connectivity index (χ4n) is 2.38. The molecule has 1 aliphatic rings. The molecule has 1 saturated heterocycles. The number of rotatable bonds is 4. The predicted molar refractivity (Wildman–Crippen MR) is 73.6 cm³/mol. The molecule has 0 aliphatic carbocycles. The van der Waals surface area contributed by atoms with Gasteiger partial charge in [0.15, 0.2) is 5.84 Å². The summed E-state index contributed by atoms with van der Waals surface area (Å²) in [6.45, 7) is 2.58. The Kier molecular flexibility index (Phi) is 4.57. The Morgan fingerprint density at radius 2 is 2.32 bits per heavy atom. The van der Waals surface area contributed by atoms with Crippen LogP contribution < -0.4 is 10.6 Å². The predicted octanol–water partition coefficient (Wildman–Crippen LogP) is 1.04. The van der Waals surface area contributed by atoms with Crippen molar-refractivity contribution in [2.24, 2.45) is 16.8 Å². The molecule has 0 atom stereocenters. The van der Waals surface area contributed by atoms with E-state index in [-0.39, 0.29) is 5.84 Å².